The molecular formula is C13H13N5O. The van der Waals surface area contributed by atoms with E-state index in [0.717, 1.165) is 0 Å². The largest absolute Gasteiger partial charge is 0.490 e. The summed E-state index contributed by atoms with van der Waals surface area (Å²) < 4.78 is 5.51. The first-order valence-corrected chi connectivity index (χ1v) is 5.73. The molecule has 0 unspecified atom stereocenters. The molecule has 0 bridgehead atoms. The molecule has 2 aromatic rings. The zero-order chi connectivity index (χ0) is 13.5. The van der Waals surface area contributed by atoms with Crippen LogP contribution < -0.4 is 15.8 Å². The second kappa shape index (κ2) is 6.21. The molecule has 0 aliphatic carbocycles. The first-order valence-electron chi connectivity index (χ1n) is 5.73. The number of nitrogens with two attached hydrogens (primary N) is 1. The molecule has 0 amide bonds. The van der Waals surface area contributed by atoms with E-state index in [-0.39, 0.29) is 5.69 Å². The van der Waals surface area contributed by atoms with E-state index >= 15 is 0 Å². The molecule has 0 radical (unpaired) electrons. The average Bonchev–Trinajstić information content (AvgIpc) is 2.45. The van der Waals surface area contributed by atoms with Gasteiger partial charge in [0, 0.05) is 12.4 Å². The second-order valence-electron chi connectivity index (χ2n) is 3.68. The van der Waals surface area contributed by atoms with Crippen LogP contribution in [0.15, 0.2) is 36.7 Å². The number of aromatic nitrogens is 2. The van der Waals surface area contributed by atoms with Gasteiger partial charge in [0.1, 0.15) is 18.4 Å². The SMILES string of the molecule is N#Cc1nccnc1NCCOc1ccccc1N. The average molecular weight is 255 g/mol. The minimum Gasteiger partial charge on any atom is -0.490 e. The molecule has 19 heavy (non-hydrogen) atoms. The van der Waals surface area contributed by atoms with E-state index < -0.39 is 0 Å². The summed E-state index contributed by atoms with van der Waals surface area (Å²) in [6, 6.07) is 9.25. The van der Waals surface area contributed by atoms with Gasteiger partial charge >= 0.3 is 0 Å². The third-order valence-electron chi connectivity index (χ3n) is 2.38. The van der Waals surface area contributed by atoms with Gasteiger partial charge in [-0.3, -0.25) is 0 Å². The molecule has 1 aromatic heterocycles. The Kier molecular flexibility index (Phi) is 4.13. The maximum atomic E-state index is 8.85. The van der Waals surface area contributed by atoms with E-state index in [2.05, 4.69) is 15.3 Å². The third kappa shape index (κ3) is 3.33. The Morgan fingerprint density at radius 3 is 2.84 bits per heavy atom. The van der Waals surface area contributed by atoms with Gasteiger partial charge in [0.05, 0.1) is 12.2 Å². The van der Waals surface area contributed by atoms with Crippen molar-refractivity contribution in [2.75, 3.05) is 24.2 Å². The molecule has 96 valence electrons. The molecule has 2 rings (SSSR count). The van der Waals surface area contributed by atoms with Crippen molar-refractivity contribution >= 4 is 11.5 Å². The van der Waals surface area contributed by atoms with Crippen LogP contribution in [-0.2, 0) is 0 Å². The van der Waals surface area contributed by atoms with Gasteiger partial charge in [-0.25, -0.2) is 9.97 Å². The standard InChI is InChI=1S/C13H13N5O/c14-9-11-13(17-6-5-16-11)18-7-8-19-12-4-2-1-3-10(12)15/h1-6H,7-8,15H2,(H,17,18). The number of rotatable bonds is 5. The van der Waals surface area contributed by atoms with E-state index in [1.165, 1.54) is 12.4 Å². The zero-order valence-electron chi connectivity index (χ0n) is 10.2. The van der Waals surface area contributed by atoms with Gasteiger partial charge in [-0.05, 0) is 12.1 Å². The summed E-state index contributed by atoms with van der Waals surface area (Å²) in [6.45, 7) is 0.914. The van der Waals surface area contributed by atoms with Gasteiger partial charge < -0.3 is 15.8 Å². The number of ether oxygens (including phenoxy) is 1. The monoisotopic (exact) mass is 255 g/mol. The highest BCUT2D eigenvalue weighted by molar-refractivity contribution is 5.51. The van der Waals surface area contributed by atoms with Crippen LogP contribution in [0.4, 0.5) is 11.5 Å². The molecule has 1 aromatic carbocycles. The number of nitrogen functional groups attached to an aromatic ring is 1. The molecule has 3 N–H and O–H groups in total. The number of hydrogen-bond acceptors (Lipinski definition) is 6. The summed E-state index contributed by atoms with van der Waals surface area (Å²) in [5.41, 5.74) is 6.61. The molecule has 0 aliphatic rings. The van der Waals surface area contributed by atoms with Gasteiger partial charge in [-0.1, -0.05) is 12.1 Å². The second-order valence-corrected chi connectivity index (χ2v) is 3.68. The van der Waals surface area contributed by atoms with Crippen molar-refractivity contribution in [3.63, 3.8) is 0 Å². The first-order chi connectivity index (χ1) is 9.31. The van der Waals surface area contributed by atoms with Gasteiger partial charge in [-0.2, -0.15) is 5.26 Å². The number of para-hydroxylation sites is 2. The van der Waals surface area contributed by atoms with Crippen LogP contribution in [0.25, 0.3) is 0 Å². The van der Waals surface area contributed by atoms with Crippen molar-refractivity contribution in [1.29, 1.82) is 5.26 Å². The highest BCUT2D eigenvalue weighted by Gasteiger charge is 2.03. The topological polar surface area (TPSA) is 96.8 Å². The van der Waals surface area contributed by atoms with Gasteiger partial charge in [0.2, 0.25) is 0 Å². The number of anilines is 2. The summed E-state index contributed by atoms with van der Waals surface area (Å²) in [5.74, 6) is 1.10. The quantitative estimate of drug-likeness (QED) is 0.619. The van der Waals surface area contributed by atoms with Gasteiger partial charge in [0.15, 0.2) is 11.5 Å². The van der Waals surface area contributed by atoms with E-state index in [9.17, 15) is 0 Å². The lowest BCUT2D eigenvalue weighted by molar-refractivity contribution is 0.334. The third-order valence-corrected chi connectivity index (χ3v) is 2.38. The van der Waals surface area contributed by atoms with Crippen molar-refractivity contribution < 1.29 is 4.74 Å². The Labute approximate surface area is 110 Å². The maximum absolute atomic E-state index is 8.85. The summed E-state index contributed by atoms with van der Waals surface area (Å²) in [5, 5.41) is 11.8. The summed E-state index contributed by atoms with van der Waals surface area (Å²) in [6.07, 6.45) is 3.00. The van der Waals surface area contributed by atoms with Crippen molar-refractivity contribution in [1.82, 2.24) is 9.97 Å². The molecule has 0 spiro atoms. The predicted molar refractivity (Wildman–Crippen MR) is 71.6 cm³/mol. The fourth-order valence-corrected chi connectivity index (χ4v) is 1.49. The fraction of sp³-hybridized carbons (Fsp3) is 0.154. The number of nitriles is 1. The van der Waals surface area contributed by atoms with Gasteiger partial charge in [0.25, 0.3) is 0 Å². The number of hydrogen-bond donors (Lipinski definition) is 2. The molecule has 1 heterocycles. The Hall–Kier alpha value is -2.81. The number of nitrogens with one attached hydrogen (secondary N) is 1. The lowest BCUT2D eigenvalue weighted by atomic mass is 10.3. The molecule has 6 nitrogen and oxygen atoms in total. The highest BCUT2D eigenvalue weighted by Crippen LogP contribution is 2.19. The van der Waals surface area contributed by atoms with Gasteiger partial charge in [-0.15, -0.1) is 0 Å². The van der Waals surface area contributed by atoms with E-state index in [1.807, 2.05) is 18.2 Å². The molecule has 0 saturated carbocycles. The van der Waals surface area contributed by atoms with Crippen LogP contribution in [-0.4, -0.2) is 23.1 Å². The summed E-state index contributed by atoms with van der Waals surface area (Å²) in [7, 11) is 0. The van der Waals surface area contributed by atoms with Crippen LogP contribution in [0.2, 0.25) is 0 Å². The van der Waals surface area contributed by atoms with Crippen LogP contribution in [0.5, 0.6) is 5.75 Å². The smallest absolute Gasteiger partial charge is 0.182 e. The van der Waals surface area contributed by atoms with Crippen LogP contribution >= 0.6 is 0 Å². The predicted octanol–water partition coefficient (Wildman–Crippen LogP) is 1.42. The Balaban J connectivity index is 1.85. The molecule has 0 aliphatic heterocycles. The van der Waals surface area contributed by atoms with Crippen LogP contribution in [0.3, 0.4) is 0 Å². The van der Waals surface area contributed by atoms with E-state index in [4.69, 9.17) is 15.7 Å². The summed E-state index contributed by atoms with van der Waals surface area (Å²) >= 11 is 0. The maximum Gasteiger partial charge on any atom is 0.182 e. The van der Waals surface area contributed by atoms with Crippen molar-refractivity contribution in [2.24, 2.45) is 0 Å². The van der Waals surface area contributed by atoms with E-state index in [1.54, 1.807) is 12.1 Å². The molecule has 0 fully saturated rings. The minimum atomic E-state index is 0.265. The summed E-state index contributed by atoms with van der Waals surface area (Å²) in [4.78, 5) is 7.94. The van der Waals surface area contributed by atoms with Crippen molar-refractivity contribution in [3.05, 3.63) is 42.4 Å². The highest BCUT2D eigenvalue weighted by atomic mass is 16.5. The van der Waals surface area contributed by atoms with Crippen molar-refractivity contribution in [2.45, 2.75) is 0 Å². The number of nitrogens with zero attached hydrogens (tertiary/aromatic N) is 3. The lowest BCUT2D eigenvalue weighted by Gasteiger charge is -2.09. The molecular weight excluding hydrogens is 242 g/mol. The Morgan fingerprint density at radius 1 is 1.26 bits per heavy atom. The fourth-order valence-electron chi connectivity index (χ4n) is 1.49. The number of benzene rings is 1. The van der Waals surface area contributed by atoms with Crippen LogP contribution in [0, 0.1) is 11.3 Å². The normalized spacial score (nSPS) is 9.63. The minimum absolute atomic E-state index is 0.265. The Bertz CT molecular complexity index is 594. The molecule has 0 saturated heterocycles. The lowest BCUT2D eigenvalue weighted by Crippen LogP contribution is -2.14. The Morgan fingerprint density at radius 2 is 2.05 bits per heavy atom. The molecule has 6 heteroatoms. The zero-order valence-corrected chi connectivity index (χ0v) is 10.2. The van der Waals surface area contributed by atoms with Crippen LogP contribution in [0.1, 0.15) is 5.69 Å². The molecule has 0 atom stereocenters. The van der Waals surface area contributed by atoms with E-state index in [0.29, 0.717) is 30.4 Å². The van der Waals surface area contributed by atoms with Crippen molar-refractivity contribution in [3.8, 4) is 11.8 Å². The first kappa shape index (κ1) is 12.6.